The van der Waals surface area contributed by atoms with E-state index >= 15 is 0 Å². The first-order valence-electron chi connectivity index (χ1n) is 5.84. The minimum absolute atomic E-state index is 0.0174. The van der Waals surface area contributed by atoms with Crippen molar-refractivity contribution in [3.8, 4) is 0 Å². The number of aromatic nitrogens is 1. The first-order valence-corrected chi connectivity index (χ1v) is 6.72. The van der Waals surface area contributed by atoms with Crippen LogP contribution in [0, 0.1) is 0 Å². The normalized spacial score (nSPS) is 10.9. The molecule has 0 saturated heterocycles. The summed E-state index contributed by atoms with van der Waals surface area (Å²) in [5, 5.41) is 5.00. The van der Waals surface area contributed by atoms with Crippen LogP contribution in [0.1, 0.15) is 5.69 Å². The van der Waals surface area contributed by atoms with E-state index in [0.717, 1.165) is 12.2 Å². The summed E-state index contributed by atoms with van der Waals surface area (Å²) >= 11 is 1.18. The van der Waals surface area contributed by atoms with Crippen molar-refractivity contribution in [2.24, 2.45) is 0 Å². The second-order valence-electron chi connectivity index (χ2n) is 3.57. The van der Waals surface area contributed by atoms with E-state index in [-0.39, 0.29) is 4.87 Å². The van der Waals surface area contributed by atoms with E-state index in [1.165, 1.54) is 11.3 Å². The van der Waals surface area contributed by atoms with Gasteiger partial charge in [-0.15, -0.1) is 0 Å². The summed E-state index contributed by atoms with van der Waals surface area (Å²) in [6.45, 7) is 4.41. The molecule has 0 saturated carbocycles. The van der Waals surface area contributed by atoms with Gasteiger partial charge in [-0.05, 0) is 0 Å². The second kappa shape index (κ2) is 10.2. The van der Waals surface area contributed by atoms with Crippen molar-refractivity contribution in [3.05, 3.63) is 20.7 Å². The van der Waals surface area contributed by atoms with Crippen LogP contribution in [0.4, 0.5) is 0 Å². The highest BCUT2D eigenvalue weighted by Gasteiger charge is 1.95. The van der Waals surface area contributed by atoms with E-state index in [1.807, 2.05) is 5.38 Å². The summed E-state index contributed by atoms with van der Waals surface area (Å²) in [4.78, 5) is 13.6. The summed E-state index contributed by atoms with van der Waals surface area (Å²) in [6, 6.07) is 0. The molecule has 0 aliphatic heterocycles. The molecule has 2 N–H and O–H groups in total. The lowest BCUT2D eigenvalue weighted by molar-refractivity contribution is 0.0255. The van der Waals surface area contributed by atoms with Crippen LogP contribution in [0.15, 0.2) is 10.2 Å². The summed E-state index contributed by atoms with van der Waals surface area (Å²) in [5.41, 5.74) is 0.910. The molecule has 1 rings (SSSR count). The van der Waals surface area contributed by atoms with E-state index in [1.54, 1.807) is 7.11 Å². The molecule has 0 bridgehead atoms. The fraction of sp³-hybridized carbons (Fsp3) is 0.727. The van der Waals surface area contributed by atoms with Gasteiger partial charge < -0.3 is 24.5 Å². The van der Waals surface area contributed by atoms with Crippen LogP contribution in [0.2, 0.25) is 0 Å². The Hall–Kier alpha value is -0.730. The molecule has 0 radical (unpaired) electrons. The maximum Gasteiger partial charge on any atom is 0.304 e. The quantitative estimate of drug-likeness (QED) is 0.565. The van der Waals surface area contributed by atoms with Crippen LogP contribution in [-0.2, 0) is 20.8 Å². The van der Waals surface area contributed by atoms with Crippen molar-refractivity contribution >= 4 is 11.3 Å². The van der Waals surface area contributed by atoms with Crippen LogP contribution >= 0.6 is 11.3 Å². The van der Waals surface area contributed by atoms with E-state index in [9.17, 15) is 4.79 Å². The van der Waals surface area contributed by atoms with Gasteiger partial charge in [-0.1, -0.05) is 11.3 Å². The third kappa shape index (κ3) is 7.57. The van der Waals surface area contributed by atoms with Gasteiger partial charge in [-0.2, -0.15) is 0 Å². The Bertz CT molecular complexity index is 353. The second-order valence-corrected chi connectivity index (χ2v) is 4.41. The lowest BCUT2D eigenvalue weighted by Gasteiger charge is -2.06. The maximum absolute atomic E-state index is 10.9. The summed E-state index contributed by atoms with van der Waals surface area (Å²) in [6.07, 6.45) is 0. The molecule has 6 nitrogen and oxygen atoms in total. The van der Waals surface area contributed by atoms with Crippen LogP contribution < -0.4 is 10.2 Å². The lowest BCUT2D eigenvalue weighted by atomic mass is 10.5. The molecule has 1 heterocycles. The Kier molecular flexibility index (Phi) is 8.70. The highest BCUT2D eigenvalue weighted by Crippen LogP contribution is 1.93. The molecule has 18 heavy (non-hydrogen) atoms. The average Bonchev–Trinajstić information content (AvgIpc) is 2.77. The minimum atomic E-state index is -0.0174. The predicted octanol–water partition coefficient (Wildman–Crippen LogP) is 0.206. The molecule has 1 aromatic heterocycles. The molecule has 1 aromatic rings. The molecule has 0 aliphatic carbocycles. The van der Waals surface area contributed by atoms with Crippen molar-refractivity contribution < 1.29 is 14.2 Å². The molecule has 104 valence electrons. The molecule has 0 aliphatic rings. The third-order valence-electron chi connectivity index (χ3n) is 2.11. The molecular weight excluding hydrogens is 256 g/mol. The smallest absolute Gasteiger partial charge is 0.304 e. The SMILES string of the molecule is COCCOCCOCCNCc1csc(=O)[nH]1. The highest BCUT2D eigenvalue weighted by molar-refractivity contribution is 7.07. The fourth-order valence-electron chi connectivity index (χ4n) is 1.23. The van der Waals surface area contributed by atoms with Crippen molar-refractivity contribution in [2.45, 2.75) is 6.54 Å². The van der Waals surface area contributed by atoms with Gasteiger partial charge in [0.2, 0.25) is 0 Å². The number of rotatable bonds is 11. The van der Waals surface area contributed by atoms with E-state index < -0.39 is 0 Å². The monoisotopic (exact) mass is 276 g/mol. The molecule has 0 aromatic carbocycles. The number of nitrogens with one attached hydrogen (secondary N) is 2. The number of thiazole rings is 1. The van der Waals surface area contributed by atoms with E-state index in [4.69, 9.17) is 14.2 Å². The third-order valence-corrected chi connectivity index (χ3v) is 2.83. The van der Waals surface area contributed by atoms with E-state index in [0.29, 0.717) is 39.6 Å². The topological polar surface area (TPSA) is 72.6 Å². The Labute approximate surface area is 110 Å². The van der Waals surface area contributed by atoms with Crippen LogP contribution in [0.25, 0.3) is 0 Å². The van der Waals surface area contributed by atoms with Gasteiger partial charge in [0.1, 0.15) is 0 Å². The van der Waals surface area contributed by atoms with Gasteiger partial charge in [0.05, 0.1) is 33.0 Å². The van der Waals surface area contributed by atoms with Gasteiger partial charge in [0.15, 0.2) is 0 Å². The molecule has 0 spiro atoms. The number of hydrogen-bond donors (Lipinski definition) is 2. The number of methoxy groups -OCH3 is 1. The Morgan fingerprint density at radius 2 is 1.94 bits per heavy atom. The molecule has 0 amide bonds. The Morgan fingerprint density at radius 3 is 2.61 bits per heavy atom. The molecule has 7 heteroatoms. The molecular formula is C11H20N2O4S. The minimum Gasteiger partial charge on any atom is -0.382 e. The van der Waals surface area contributed by atoms with E-state index in [2.05, 4.69) is 10.3 Å². The van der Waals surface area contributed by atoms with Crippen molar-refractivity contribution in [1.82, 2.24) is 10.3 Å². The van der Waals surface area contributed by atoms with Crippen molar-refractivity contribution in [2.75, 3.05) is 46.7 Å². The number of aromatic amines is 1. The van der Waals surface area contributed by atoms with Gasteiger partial charge in [0.25, 0.3) is 0 Å². The van der Waals surface area contributed by atoms with Gasteiger partial charge in [-0.25, -0.2) is 0 Å². The Balaban J connectivity index is 1.83. The van der Waals surface area contributed by atoms with Crippen LogP contribution in [0.5, 0.6) is 0 Å². The van der Waals surface area contributed by atoms with Gasteiger partial charge in [-0.3, -0.25) is 4.79 Å². The molecule has 0 fully saturated rings. The number of H-pyrrole nitrogens is 1. The highest BCUT2D eigenvalue weighted by atomic mass is 32.1. The molecule has 0 atom stereocenters. The van der Waals surface area contributed by atoms with Crippen molar-refractivity contribution in [1.29, 1.82) is 0 Å². The fourth-order valence-corrected chi connectivity index (χ4v) is 1.81. The largest absolute Gasteiger partial charge is 0.382 e. The zero-order valence-corrected chi connectivity index (χ0v) is 11.4. The summed E-state index contributed by atoms with van der Waals surface area (Å²) in [5.74, 6) is 0. The van der Waals surface area contributed by atoms with Gasteiger partial charge >= 0.3 is 4.87 Å². The zero-order valence-electron chi connectivity index (χ0n) is 10.6. The number of hydrogen-bond acceptors (Lipinski definition) is 6. The average molecular weight is 276 g/mol. The maximum atomic E-state index is 10.9. The number of ether oxygens (including phenoxy) is 3. The lowest BCUT2D eigenvalue weighted by Crippen LogP contribution is -2.21. The Morgan fingerprint density at radius 1 is 1.22 bits per heavy atom. The van der Waals surface area contributed by atoms with Crippen LogP contribution in [0.3, 0.4) is 0 Å². The first-order chi connectivity index (χ1) is 8.83. The van der Waals surface area contributed by atoms with Crippen LogP contribution in [-0.4, -0.2) is 51.7 Å². The zero-order chi connectivity index (χ0) is 13.1. The predicted molar refractivity (Wildman–Crippen MR) is 70.2 cm³/mol. The first kappa shape index (κ1) is 15.3. The molecule has 0 unspecified atom stereocenters. The standard InChI is InChI=1S/C11H20N2O4S/c1-15-4-5-17-7-6-16-3-2-12-8-10-9-18-11(14)13-10/h9,12H,2-8H2,1H3,(H,13,14). The van der Waals surface area contributed by atoms with Gasteiger partial charge in [0, 0.05) is 31.3 Å². The van der Waals surface area contributed by atoms with Crippen molar-refractivity contribution in [3.63, 3.8) is 0 Å². The summed E-state index contributed by atoms with van der Waals surface area (Å²) < 4.78 is 15.4. The summed E-state index contributed by atoms with van der Waals surface area (Å²) in [7, 11) is 1.65.